The molecule has 9 heteroatoms. The summed E-state index contributed by atoms with van der Waals surface area (Å²) in [6.45, 7) is 0. The smallest absolute Gasteiger partial charge is 0.257 e. The number of hydrogen-bond donors (Lipinski definition) is 2. The summed E-state index contributed by atoms with van der Waals surface area (Å²) < 4.78 is 40.2. The zero-order chi connectivity index (χ0) is 18.7. The lowest BCUT2D eigenvalue weighted by atomic mass is 10.0. The van der Waals surface area contributed by atoms with Crippen molar-refractivity contribution in [3.05, 3.63) is 69.0 Å². The third kappa shape index (κ3) is 4.64. The van der Waals surface area contributed by atoms with E-state index >= 15 is 0 Å². The van der Waals surface area contributed by atoms with Gasteiger partial charge in [0.2, 0.25) is 5.91 Å². The number of halogens is 5. The lowest BCUT2D eigenvalue weighted by molar-refractivity contribution is -0.119. The Balaban J connectivity index is 2.25. The molecule has 1 atom stereocenters. The first-order valence-corrected chi connectivity index (χ1v) is 7.63. The SMILES string of the molecule is NC(=O)[C@@H](Cc1ccc(Cl)cc1Cl)NC(=O)c1c(F)cc(F)cc1F. The van der Waals surface area contributed by atoms with Crippen LogP contribution in [0.4, 0.5) is 13.2 Å². The van der Waals surface area contributed by atoms with Crippen molar-refractivity contribution in [1.82, 2.24) is 5.32 Å². The summed E-state index contributed by atoms with van der Waals surface area (Å²) in [4.78, 5) is 23.6. The molecule has 0 aromatic heterocycles. The number of primary amides is 1. The molecule has 0 aliphatic carbocycles. The van der Waals surface area contributed by atoms with Gasteiger partial charge in [0.1, 0.15) is 29.1 Å². The van der Waals surface area contributed by atoms with Gasteiger partial charge in [0.05, 0.1) is 0 Å². The highest BCUT2D eigenvalue weighted by molar-refractivity contribution is 6.35. The maximum Gasteiger partial charge on any atom is 0.257 e. The van der Waals surface area contributed by atoms with Crippen LogP contribution in [0.1, 0.15) is 15.9 Å². The molecule has 0 unspecified atom stereocenters. The van der Waals surface area contributed by atoms with Crippen LogP contribution in [0.2, 0.25) is 10.0 Å². The fourth-order valence-corrected chi connectivity index (χ4v) is 2.61. The molecule has 0 aliphatic heterocycles. The van der Waals surface area contributed by atoms with Crippen LogP contribution in [0.15, 0.2) is 30.3 Å². The fraction of sp³-hybridized carbons (Fsp3) is 0.125. The Kier molecular flexibility index (Phi) is 5.92. The Hall–Kier alpha value is -2.25. The monoisotopic (exact) mass is 390 g/mol. The number of carbonyl (C=O) groups excluding carboxylic acids is 2. The third-order valence-electron chi connectivity index (χ3n) is 3.32. The second kappa shape index (κ2) is 7.76. The first kappa shape index (κ1) is 19.1. The normalized spacial score (nSPS) is 11.9. The second-order valence-electron chi connectivity index (χ2n) is 5.11. The van der Waals surface area contributed by atoms with Crippen molar-refractivity contribution in [1.29, 1.82) is 0 Å². The zero-order valence-corrected chi connectivity index (χ0v) is 14.0. The summed E-state index contributed by atoms with van der Waals surface area (Å²) >= 11 is 11.8. The highest BCUT2D eigenvalue weighted by atomic mass is 35.5. The molecule has 0 saturated heterocycles. The molecule has 0 saturated carbocycles. The Labute approximate surface area is 150 Å². The predicted molar refractivity (Wildman–Crippen MR) is 86.9 cm³/mol. The van der Waals surface area contributed by atoms with Crippen LogP contribution in [-0.2, 0) is 11.2 Å². The third-order valence-corrected chi connectivity index (χ3v) is 3.91. The molecule has 2 aromatic carbocycles. The Morgan fingerprint density at radius 1 is 1.08 bits per heavy atom. The quantitative estimate of drug-likeness (QED) is 0.822. The van der Waals surface area contributed by atoms with Crippen molar-refractivity contribution in [2.75, 3.05) is 0 Å². The lowest BCUT2D eigenvalue weighted by Crippen LogP contribution is -2.46. The molecule has 2 amide bonds. The van der Waals surface area contributed by atoms with Crippen LogP contribution < -0.4 is 11.1 Å². The summed E-state index contributed by atoms with van der Waals surface area (Å²) in [7, 11) is 0. The molecule has 4 nitrogen and oxygen atoms in total. The van der Waals surface area contributed by atoms with Crippen LogP contribution in [0, 0.1) is 17.5 Å². The summed E-state index contributed by atoms with van der Waals surface area (Å²) in [5.41, 5.74) is 4.64. The number of nitrogens with one attached hydrogen (secondary N) is 1. The summed E-state index contributed by atoms with van der Waals surface area (Å²) in [6, 6.07) is 3.88. The number of benzene rings is 2. The van der Waals surface area contributed by atoms with Gasteiger partial charge in [-0.25, -0.2) is 13.2 Å². The van der Waals surface area contributed by atoms with Gasteiger partial charge in [0.15, 0.2) is 0 Å². The molecule has 2 aromatic rings. The summed E-state index contributed by atoms with van der Waals surface area (Å²) in [5, 5.41) is 2.71. The fourth-order valence-electron chi connectivity index (χ4n) is 2.12. The van der Waals surface area contributed by atoms with Gasteiger partial charge in [-0.05, 0) is 17.7 Å². The van der Waals surface area contributed by atoms with E-state index in [1.165, 1.54) is 18.2 Å². The van der Waals surface area contributed by atoms with Gasteiger partial charge in [-0.3, -0.25) is 9.59 Å². The first-order chi connectivity index (χ1) is 11.7. The van der Waals surface area contributed by atoms with Crippen molar-refractivity contribution < 1.29 is 22.8 Å². The number of hydrogen-bond acceptors (Lipinski definition) is 2. The van der Waals surface area contributed by atoms with Gasteiger partial charge < -0.3 is 11.1 Å². The number of rotatable bonds is 5. The van der Waals surface area contributed by atoms with Gasteiger partial charge >= 0.3 is 0 Å². The van der Waals surface area contributed by atoms with Gasteiger partial charge in [0, 0.05) is 28.6 Å². The minimum absolute atomic E-state index is 0.124. The topological polar surface area (TPSA) is 72.2 Å². The van der Waals surface area contributed by atoms with E-state index in [1.54, 1.807) is 0 Å². The van der Waals surface area contributed by atoms with Crippen LogP contribution in [0.5, 0.6) is 0 Å². The summed E-state index contributed by atoms with van der Waals surface area (Å²) in [5.74, 6) is -6.16. The molecular weight excluding hydrogens is 380 g/mol. The van der Waals surface area contributed by atoms with E-state index in [1.807, 2.05) is 0 Å². The van der Waals surface area contributed by atoms with E-state index in [-0.39, 0.29) is 11.4 Å². The van der Waals surface area contributed by atoms with Gasteiger partial charge in [-0.1, -0.05) is 29.3 Å². The Bertz CT molecular complexity index is 823. The van der Waals surface area contributed by atoms with Gasteiger partial charge in [0.25, 0.3) is 5.91 Å². The average molecular weight is 391 g/mol. The van der Waals surface area contributed by atoms with E-state index in [0.29, 0.717) is 22.7 Å². The standard InChI is InChI=1S/C16H11Cl2F3N2O2/c17-8-2-1-7(10(18)4-8)3-13(15(22)24)23-16(25)14-11(20)5-9(19)6-12(14)21/h1-2,4-6,13H,3H2,(H2,22,24)(H,23,25)/t13-/m1/s1. The van der Waals surface area contributed by atoms with E-state index in [2.05, 4.69) is 5.32 Å². The molecule has 0 aliphatic rings. The minimum Gasteiger partial charge on any atom is -0.368 e. The molecule has 132 valence electrons. The van der Waals surface area contributed by atoms with Crippen molar-refractivity contribution >= 4 is 35.0 Å². The van der Waals surface area contributed by atoms with E-state index in [4.69, 9.17) is 28.9 Å². The Morgan fingerprint density at radius 2 is 1.68 bits per heavy atom. The largest absolute Gasteiger partial charge is 0.368 e. The average Bonchev–Trinajstić information content (AvgIpc) is 2.47. The van der Waals surface area contributed by atoms with Crippen LogP contribution in [-0.4, -0.2) is 17.9 Å². The van der Waals surface area contributed by atoms with Crippen molar-refractivity contribution in [2.45, 2.75) is 12.5 Å². The maximum atomic E-state index is 13.7. The predicted octanol–water partition coefficient (Wildman–Crippen LogP) is 3.24. The first-order valence-electron chi connectivity index (χ1n) is 6.87. The highest BCUT2D eigenvalue weighted by Crippen LogP contribution is 2.22. The molecule has 0 radical (unpaired) electrons. The van der Waals surface area contributed by atoms with Crippen LogP contribution in [0.3, 0.4) is 0 Å². The molecule has 3 N–H and O–H groups in total. The van der Waals surface area contributed by atoms with E-state index in [0.717, 1.165) is 0 Å². The second-order valence-corrected chi connectivity index (χ2v) is 5.96. The molecule has 25 heavy (non-hydrogen) atoms. The van der Waals surface area contributed by atoms with Crippen molar-refractivity contribution in [2.24, 2.45) is 5.73 Å². The molecule has 0 bridgehead atoms. The molecule has 0 fully saturated rings. The molecule has 0 spiro atoms. The maximum absolute atomic E-state index is 13.7. The van der Waals surface area contributed by atoms with Crippen molar-refractivity contribution in [3.63, 3.8) is 0 Å². The number of carbonyl (C=O) groups is 2. The van der Waals surface area contributed by atoms with Gasteiger partial charge in [-0.2, -0.15) is 0 Å². The lowest BCUT2D eigenvalue weighted by Gasteiger charge is -2.17. The zero-order valence-electron chi connectivity index (χ0n) is 12.5. The minimum atomic E-state index is -1.40. The molecular formula is C16H11Cl2F3N2O2. The number of amides is 2. The van der Waals surface area contributed by atoms with Gasteiger partial charge in [-0.15, -0.1) is 0 Å². The number of nitrogens with two attached hydrogens (primary N) is 1. The summed E-state index contributed by atoms with van der Waals surface area (Å²) in [6.07, 6.45) is -0.124. The van der Waals surface area contributed by atoms with E-state index in [9.17, 15) is 22.8 Å². The molecule has 2 rings (SSSR count). The van der Waals surface area contributed by atoms with Crippen molar-refractivity contribution in [3.8, 4) is 0 Å². The Morgan fingerprint density at radius 3 is 2.20 bits per heavy atom. The highest BCUT2D eigenvalue weighted by Gasteiger charge is 2.25. The van der Waals surface area contributed by atoms with E-state index < -0.39 is 40.9 Å². The van der Waals surface area contributed by atoms with Crippen LogP contribution >= 0.6 is 23.2 Å². The van der Waals surface area contributed by atoms with Crippen LogP contribution in [0.25, 0.3) is 0 Å². The molecule has 0 heterocycles.